The number of aromatic nitrogens is 2. The van der Waals surface area contributed by atoms with Gasteiger partial charge in [0.15, 0.2) is 11.6 Å². The van der Waals surface area contributed by atoms with Gasteiger partial charge >= 0.3 is 0 Å². The third-order valence-electron chi connectivity index (χ3n) is 4.71. The van der Waals surface area contributed by atoms with Crippen LogP contribution < -0.4 is 0 Å². The molecule has 0 fully saturated rings. The predicted molar refractivity (Wildman–Crippen MR) is 114 cm³/mol. The molecule has 3 nitrogen and oxygen atoms in total. The Morgan fingerprint density at radius 2 is 2.07 bits per heavy atom. The molecule has 1 aromatic carbocycles. The normalized spacial score (nSPS) is 18.9. The molecular formula is C21H19F2N3S2. The molecule has 1 unspecified atom stereocenters. The molecule has 1 N–H and O–H groups in total. The van der Waals surface area contributed by atoms with Crippen LogP contribution in [0.15, 0.2) is 47.7 Å². The van der Waals surface area contributed by atoms with Gasteiger partial charge in [-0.3, -0.25) is 9.98 Å². The molecule has 4 rings (SSSR count). The van der Waals surface area contributed by atoms with E-state index in [1.165, 1.54) is 0 Å². The van der Waals surface area contributed by atoms with Gasteiger partial charge in [0.25, 0.3) is 0 Å². The SMILES string of the molecule is CC1(C)CC(Cc2ccc(=S)[nH]c2)N=C(c2cnc3c(F)c(F)ccc3c2)S1. The summed E-state index contributed by atoms with van der Waals surface area (Å²) in [5, 5.41) is 1.44. The van der Waals surface area contributed by atoms with E-state index in [0.29, 0.717) is 10.0 Å². The molecule has 1 aliphatic rings. The Morgan fingerprint density at radius 1 is 1.25 bits per heavy atom. The van der Waals surface area contributed by atoms with Gasteiger partial charge in [-0.15, -0.1) is 0 Å². The molecule has 3 heterocycles. The van der Waals surface area contributed by atoms with Crippen LogP contribution in [0, 0.1) is 16.3 Å². The molecular weight excluding hydrogens is 396 g/mol. The van der Waals surface area contributed by atoms with Crippen LogP contribution in [0.2, 0.25) is 0 Å². The third-order valence-corrected chi connectivity index (χ3v) is 6.22. The first-order chi connectivity index (χ1) is 13.3. The fraction of sp³-hybridized carbons (Fsp3) is 0.286. The van der Waals surface area contributed by atoms with Crippen LogP contribution in [0.3, 0.4) is 0 Å². The summed E-state index contributed by atoms with van der Waals surface area (Å²) in [4.78, 5) is 12.2. The van der Waals surface area contributed by atoms with E-state index < -0.39 is 11.6 Å². The number of nitrogens with zero attached hydrogens (tertiary/aromatic N) is 2. The molecule has 28 heavy (non-hydrogen) atoms. The van der Waals surface area contributed by atoms with Crippen LogP contribution in [-0.2, 0) is 6.42 Å². The largest absolute Gasteiger partial charge is 0.353 e. The summed E-state index contributed by atoms with van der Waals surface area (Å²) in [6.07, 6.45) is 5.26. The van der Waals surface area contributed by atoms with Crippen LogP contribution in [0.5, 0.6) is 0 Å². The van der Waals surface area contributed by atoms with Crippen LogP contribution >= 0.6 is 24.0 Å². The molecule has 0 spiro atoms. The van der Waals surface area contributed by atoms with Gasteiger partial charge in [0.05, 0.1) is 6.04 Å². The molecule has 1 aliphatic heterocycles. The van der Waals surface area contributed by atoms with E-state index >= 15 is 0 Å². The Kier molecular flexibility index (Phi) is 5.05. The standard InChI is InChI=1S/C21H19F2N3S2/c1-21(2)9-15(7-12-3-6-17(27)24-10-12)26-20(28-21)14-8-13-4-5-16(22)18(23)19(13)25-11-14/h3-6,8,10-11,15H,7,9H2,1-2H3,(H,24,27). The van der Waals surface area contributed by atoms with Crippen molar-refractivity contribution >= 4 is 39.9 Å². The zero-order valence-corrected chi connectivity index (χ0v) is 17.1. The fourth-order valence-electron chi connectivity index (χ4n) is 3.46. The number of fused-ring (bicyclic) bond motifs is 1. The Bertz CT molecular complexity index is 1120. The van der Waals surface area contributed by atoms with Gasteiger partial charge in [-0.1, -0.05) is 43.9 Å². The van der Waals surface area contributed by atoms with Gasteiger partial charge in [-0.2, -0.15) is 0 Å². The van der Waals surface area contributed by atoms with Crippen molar-refractivity contribution in [3.8, 4) is 0 Å². The van der Waals surface area contributed by atoms with Crippen molar-refractivity contribution in [3.05, 3.63) is 70.1 Å². The second kappa shape index (κ2) is 7.37. The van der Waals surface area contributed by atoms with Crippen LogP contribution in [0.4, 0.5) is 8.78 Å². The number of pyridine rings is 2. The predicted octanol–water partition coefficient (Wildman–Crippen LogP) is 5.84. The number of halogens is 2. The first-order valence-electron chi connectivity index (χ1n) is 8.99. The highest BCUT2D eigenvalue weighted by Gasteiger charge is 2.31. The molecule has 0 amide bonds. The van der Waals surface area contributed by atoms with E-state index in [2.05, 4.69) is 23.8 Å². The first kappa shape index (κ1) is 19.2. The summed E-state index contributed by atoms with van der Waals surface area (Å²) in [6.45, 7) is 4.39. The molecule has 0 bridgehead atoms. The topological polar surface area (TPSA) is 41.0 Å². The maximum Gasteiger partial charge on any atom is 0.184 e. The number of H-pyrrole nitrogens is 1. The van der Waals surface area contributed by atoms with E-state index in [9.17, 15) is 8.78 Å². The fourth-order valence-corrected chi connectivity index (χ4v) is 4.82. The summed E-state index contributed by atoms with van der Waals surface area (Å²) < 4.78 is 28.1. The molecule has 7 heteroatoms. The van der Waals surface area contributed by atoms with Crippen LogP contribution in [0.25, 0.3) is 10.9 Å². The van der Waals surface area contributed by atoms with E-state index in [-0.39, 0.29) is 16.3 Å². The van der Waals surface area contributed by atoms with Crippen molar-refractivity contribution in [2.24, 2.45) is 4.99 Å². The third kappa shape index (κ3) is 4.00. The van der Waals surface area contributed by atoms with E-state index in [4.69, 9.17) is 17.2 Å². The Labute approximate surface area is 171 Å². The van der Waals surface area contributed by atoms with Crippen molar-refractivity contribution in [1.82, 2.24) is 9.97 Å². The van der Waals surface area contributed by atoms with Gasteiger partial charge in [-0.25, -0.2) is 8.78 Å². The zero-order valence-electron chi connectivity index (χ0n) is 15.5. The second-order valence-corrected chi connectivity index (χ2v) is 9.71. The van der Waals surface area contributed by atoms with Crippen LogP contribution in [0.1, 0.15) is 31.4 Å². The minimum absolute atomic E-state index is 0.00637. The molecule has 0 saturated carbocycles. The number of rotatable bonds is 3. The summed E-state index contributed by atoms with van der Waals surface area (Å²) >= 11 is 6.80. The minimum Gasteiger partial charge on any atom is -0.353 e. The Morgan fingerprint density at radius 3 is 2.82 bits per heavy atom. The smallest absolute Gasteiger partial charge is 0.184 e. The van der Waals surface area contributed by atoms with Crippen molar-refractivity contribution < 1.29 is 8.78 Å². The summed E-state index contributed by atoms with van der Waals surface area (Å²) in [5.74, 6) is -1.80. The number of thioether (sulfide) groups is 1. The van der Waals surface area contributed by atoms with E-state index in [0.717, 1.165) is 35.1 Å². The zero-order chi connectivity index (χ0) is 19.9. The summed E-state index contributed by atoms with van der Waals surface area (Å²) in [7, 11) is 0. The highest BCUT2D eigenvalue weighted by molar-refractivity contribution is 8.15. The highest BCUT2D eigenvalue weighted by atomic mass is 32.2. The van der Waals surface area contributed by atoms with Crippen LogP contribution in [-0.4, -0.2) is 25.8 Å². The second-order valence-electron chi connectivity index (χ2n) is 7.58. The first-order valence-corrected chi connectivity index (χ1v) is 10.2. The van der Waals surface area contributed by atoms with Gasteiger partial charge in [0.1, 0.15) is 15.2 Å². The average molecular weight is 416 g/mol. The molecule has 1 atom stereocenters. The van der Waals surface area contributed by atoms with Gasteiger partial charge in [-0.05, 0) is 42.7 Å². The summed E-state index contributed by atoms with van der Waals surface area (Å²) in [5.41, 5.74) is 2.02. The highest BCUT2D eigenvalue weighted by Crippen LogP contribution is 2.39. The quantitative estimate of drug-likeness (QED) is 0.546. The lowest BCUT2D eigenvalue weighted by Gasteiger charge is -2.33. The van der Waals surface area contributed by atoms with Crippen molar-refractivity contribution in [2.75, 3.05) is 0 Å². The maximum absolute atomic E-state index is 13.9. The lowest BCUT2D eigenvalue weighted by molar-refractivity contribution is 0.515. The molecule has 2 aromatic heterocycles. The number of hydrogen-bond acceptors (Lipinski definition) is 4. The minimum atomic E-state index is -0.915. The van der Waals surface area contributed by atoms with E-state index in [1.54, 1.807) is 24.0 Å². The number of aliphatic imine (C=N–C) groups is 1. The lowest BCUT2D eigenvalue weighted by atomic mass is 9.97. The number of benzene rings is 1. The van der Waals surface area contributed by atoms with Gasteiger partial charge < -0.3 is 4.98 Å². The molecule has 0 saturated heterocycles. The number of nitrogens with one attached hydrogen (secondary N) is 1. The Balaban J connectivity index is 1.69. The van der Waals surface area contributed by atoms with E-state index in [1.807, 2.05) is 24.4 Å². The number of aromatic amines is 1. The Hall–Kier alpha value is -2.12. The van der Waals surface area contributed by atoms with Crippen molar-refractivity contribution in [1.29, 1.82) is 0 Å². The van der Waals surface area contributed by atoms with Gasteiger partial charge in [0, 0.05) is 28.1 Å². The van der Waals surface area contributed by atoms with Crippen molar-refractivity contribution in [3.63, 3.8) is 0 Å². The maximum atomic E-state index is 13.9. The average Bonchev–Trinajstić information content (AvgIpc) is 2.65. The monoisotopic (exact) mass is 415 g/mol. The molecule has 0 aliphatic carbocycles. The molecule has 0 radical (unpaired) electrons. The number of hydrogen-bond donors (Lipinski definition) is 1. The molecule has 144 valence electrons. The lowest BCUT2D eigenvalue weighted by Crippen LogP contribution is -2.31. The van der Waals surface area contributed by atoms with Crippen molar-refractivity contribution in [2.45, 2.75) is 37.5 Å². The molecule has 3 aromatic rings. The summed E-state index contributed by atoms with van der Waals surface area (Å²) in [6, 6.07) is 8.54. The van der Waals surface area contributed by atoms with Gasteiger partial charge in [0.2, 0.25) is 0 Å².